The normalized spacial score (nSPS) is 24.7. The molecule has 2 nitrogen and oxygen atoms in total. The van der Waals surface area contributed by atoms with E-state index >= 15 is 0 Å². The average molecular weight is 182 g/mol. The van der Waals surface area contributed by atoms with Crippen LogP contribution in [0.3, 0.4) is 0 Å². The van der Waals surface area contributed by atoms with Crippen molar-refractivity contribution in [1.29, 1.82) is 0 Å². The van der Waals surface area contributed by atoms with E-state index in [1.165, 1.54) is 16.7 Å². The van der Waals surface area contributed by atoms with Gasteiger partial charge in [-0.15, -0.1) is 0 Å². The van der Waals surface area contributed by atoms with Crippen LogP contribution in [0.5, 0.6) is 0 Å². The fraction of sp³-hybridized carbons (Fsp3) is 0.167. The van der Waals surface area contributed by atoms with Crippen LogP contribution in [0.1, 0.15) is 22.9 Å². The number of hydrogen-bond donors (Lipinski definition) is 0. The Morgan fingerprint density at radius 2 is 2.14 bits per heavy atom. The quantitative estimate of drug-likeness (QED) is 0.607. The lowest BCUT2D eigenvalue weighted by Gasteiger charge is -2.28. The van der Waals surface area contributed by atoms with Crippen molar-refractivity contribution >= 4 is 6.08 Å². The van der Waals surface area contributed by atoms with Crippen LogP contribution in [0.4, 0.5) is 0 Å². The monoisotopic (exact) mass is 182 g/mol. The lowest BCUT2D eigenvalue weighted by atomic mass is 9.99. The Hall–Kier alpha value is -1.70. The highest BCUT2D eigenvalue weighted by molar-refractivity contribution is 5.61. The lowest BCUT2D eigenvalue weighted by molar-refractivity contribution is 0.215. The molecule has 0 N–H and O–H groups in total. The maximum Gasteiger partial charge on any atom is 0.132 e. The molecule has 68 valence electrons. The maximum atomic E-state index is 2.39. The van der Waals surface area contributed by atoms with Gasteiger partial charge in [0.2, 0.25) is 0 Å². The highest BCUT2D eigenvalue weighted by Gasteiger charge is 2.37. The Morgan fingerprint density at radius 1 is 1.14 bits per heavy atom. The van der Waals surface area contributed by atoms with Gasteiger partial charge in [0.05, 0.1) is 0 Å². The molecule has 0 fully saturated rings. The molecule has 3 aliphatic heterocycles. The average Bonchev–Trinajstić information content (AvgIpc) is 2.75. The summed E-state index contributed by atoms with van der Waals surface area (Å²) in [4.78, 5) is 4.66. The summed E-state index contributed by atoms with van der Waals surface area (Å²) in [5.74, 6) is 0. The van der Waals surface area contributed by atoms with Crippen LogP contribution >= 0.6 is 0 Å². The Balaban J connectivity index is 2.06. The molecule has 0 radical (unpaired) electrons. The molecule has 0 saturated heterocycles. The zero-order chi connectivity index (χ0) is 9.12. The standard InChI is InChI=1S/C12H10N2/c1-2-9-4-5-13-6-7-14-8-10(3-1)11(9)12(13)14/h1-7,12H,8H2. The minimum atomic E-state index is 0.450. The molecule has 0 amide bonds. The van der Waals surface area contributed by atoms with Gasteiger partial charge < -0.3 is 9.80 Å². The first-order valence-corrected chi connectivity index (χ1v) is 4.95. The van der Waals surface area contributed by atoms with Crippen molar-refractivity contribution < 1.29 is 0 Å². The van der Waals surface area contributed by atoms with Crippen molar-refractivity contribution in [2.45, 2.75) is 12.7 Å². The van der Waals surface area contributed by atoms with Gasteiger partial charge in [-0.1, -0.05) is 18.2 Å². The third-order valence-corrected chi connectivity index (χ3v) is 3.29. The molecular formula is C12H10N2. The Bertz CT molecular complexity index is 473. The molecule has 3 aliphatic rings. The molecule has 1 aromatic rings. The highest BCUT2D eigenvalue weighted by atomic mass is 15.4. The third kappa shape index (κ3) is 0.607. The predicted molar refractivity (Wildman–Crippen MR) is 54.7 cm³/mol. The van der Waals surface area contributed by atoms with Crippen molar-refractivity contribution in [1.82, 2.24) is 9.80 Å². The molecule has 14 heavy (non-hydrogen) atoms. The number of benzene rings is 1. The summed E-state index contributed by atoms with van der Waals surface area (Å²) in [7, 11) is 0. The first-order valence-electron chi connectivity index (χ1n) is 4.95. The smallest absolute Gasteiger partial charge is 0.132 e. The van der Waals surface area contributed by atoms with Crippen molar-refractivity contribution in [3.8, 4) is 0 Å². The fourth-order valence-corrected chi connectivity index (χ4v) is 2.68. The largest absolute Gasteiger partial charge is 0.348 e. The van der Waals surface area contributed by atoms with E-state index < -0.39 is 0 Å². The second kappa shape index (κ2) is 2.03. The van der Waals surface area contributed by atoms with Gasteiger partial charge in [-0.25, -0.2) is 0 Å². The van der Waals surface area contributed by atoms with Crippen LogP contribution in [-0.2, 0) is 6.54 Å². The summed E-state index contributed by atoms with van der Waals surface area (Å²) in [5, 5.41) is 0. The number of rotatable bonds is 0. The second-order valence-corrected chi connectivity index (χ2v) is 4.03. The van der Waals surface area contributed by atoms with Crippen molar-refractivity contribution in [2.75, 3.05) is 0 Å². The van der Waals surface area contributed by atoms with E-state index in [0.717, 1.165) is 6.54 Å². The van der Waals surface area contributed by atoms with E-state index in [1.807, 2.05) is 0 Å². The van der Waals surface area contributed by atoms with Gasteiger partial charge in [0.15, 0.2) is 0 Å². The molecule has 0 saturated carbocycles. The summed E-state index contributed by atoms with van der Waals surface area (Å²) in [5.41, 5.74) is 4.36. The van der Waals surface area contributed by atoms with Gasteiger partial charge in [0.1, 0.15) is 6.17 Å². The first kappa shape index (κ1) is 6.71. The molecule has 4 rings (SSSR count). The van der Waals surface area contributed by atoms with Gasteiger partial charge in [0.25, 0.3) is 0 Å². The minimum Gasteiger partial charge on any atom is -0.348 e. The molecule has 1 unspecified atom stereocenters. The summed E-state index contributed by atoms with van der Waals surface area (Å²) < 4.78 is 0. The number of nitrogens with zero attached hydrogens (tertiary/aromatic N) is 2. The minimum absolute atomic E-state index is 0.450. The molecule has 0 spiro atoms. The first-order chi connectivity index (χ1) is 6.93. The molecule has 1 atom stereocenters. The van der Waals surface area contributed by atoms with Gasteiger partial charge in [-0.3, -0.25) is 0 Å². The van der Waals surface area contributed by atoms with E-state index in [4.69, 9.17) is 0 Å². The number of hydrogen-bond acceptors (Lipinski definition) is 2. The van der Waals surface area contributed by atoms with Gasteiger partial charge >= 0.3 is 0 Å². The summed E-state index contributed by atoms with van der Waals surface area (Å²) in [6, 6.07) is 6.59. The summed E-state index contributed by atoms with van der Waals surface area (Å²) in [6.07, 6.45) is 9.16. The molecule has 1 aromatic carbocycles. The lowest BCUT2D eigenvalue weighted by Crippen LogP contribution is -2.23. The molecular weight excluding hydrogens is 172 g/mol. The van der Waals surface area contributed by atoms with Crippen molar-refractivity contribution in [3.63, 3.8) is 0 Å². The van der Waals surface area contributed by atoms with Gasteiger partial charge in [-0.05, 0) is 17.2 Å². The van der Waals surface area contributed by atoms with E-state index in [1.54, 1.807) is 0 Å². The molecule has 3 heterocycles. The fourth-order valence-electron chi connectivity index (χ4n) is 2.68. The predicted octanol–water partition coefficient (Wildman–Crippen LogP) is 2.27. The highest BCUT2D eigenvalue weighted by Crippen LogP contribution is 2.44. The topological polar surface area (TPSA) is 6.48 Å². The van der Waals surface area contributed by atoms with Gasteiger partial charge in [-0.2, -0.15) is 0 Å². The van der Waals surface area contributed by atoms with Crippen LogP contribution in [0, 0.1) is 0 Å². The summed E-state index contributed by atoms with van der Waals surface area (Å²) in [6.45, 7) is 1.06. The van der Waals surface area contributed by atoms with E-state index in [0.29, 0.717) is 6.17 Å². The Kier molecular flexibility index (Phi) is 0.973. The second-order valence-electron chi connectivity index (χ2n) is 4.03. The van der Waals surface area contributed by atoms with Crippen LogP contribution in [0.25, 0.3) is 6.08 Å². The van der Waals surface area contributed by atoms with E-state index in [-0.39, 0.29) is 0 Å². The Labute approximate surface area is 82.7 Å². The molecule has 2 heteroatoms. The zero-order valence-corrected chi connectivity index (χ0v) is 7.72. The van der Waals surface area contributed by atoms with E-state index in [9.17, 15) is 0 Å². The molecule has 0 bridgehead atoms. The summed E-state index contributed by atoms with van der Waals surface area (Å²) >= 11 is 0. The van der Waals surface area contributed by atoms with Crippen LogP contribution < -0.4 is 0 Å². The Morgan fingerprint density at radius 3 is 3.14 bits per heavy atom. The van der Waals surface area contributed by atoms with Crippen LogP contribution in [0.2, 0.25) is 0 Å². The zero-order valence-electron chi connectivity index (χ0n) is 7.72. The van der Waals surface area contributed by atoms with Crippen molar-refractivity contribution in [2.24, 2.45) is 0 Å². The van der Waals surface area contributed by atoms with Crippen LogP contribution in [-0.4, -0.2) is 9.80 Å². The maximum absolute atomic E-state index is 2.39. The molecule has 0 aromatic heterocycles. The third-order valence-electron chi connectivity index (χ3n) is 3.29. The van der Waals surface area contributed by atoms with E-state index in [2.05, 4.69) is 52.7 Å². The SMILES string of the molecule is C1=CN2C=CN3Cc4cccc1c4C23. The van der Waals surface area contributed by atoms with Crippen LogP contribution in [0.15, 0.2) is 36.8 Å². The molecule has 0 aliphatic carbocycles. The van der Waals surface area contributed by atoms with Gasteiger partial charge in [0, 0.05) is 30.7 Å². The van der Waals surface area contributed by atoms with Crippen molar-refractivity contribution in [3.05, 3.63) is 53.5 Å².